The third kappa shape index (κ3) is 4.25. The van der Waals surface area contributed by atoms with Crippen molar-refractivity contribution in [3.63, 3.8) is 0 Å². The molecule has 1 aromatic rings. The van der Waals surface area contributed by atoms with Crippen molar-refractivity contribution in [1.82, 2.24) is 14.8 Å². The third-order valence-corrected chi connectivity index (χ3v) is 4.90. The van der Waals surface area contributed by atoms with Crippen molar-refractivity contribution in [3.8, 4) is 5.75 Å². The second kappa shape index (κ2) is 8.25. The first-order valence-electron chi connectivity index (χ1n) is 8.97. The molecule has 25 heavy (non-hydrogen) atoms. The fraction of sp³-hybridized carbons (Fsp3) is 0.526. The molecule has 0 aliphatic carbocycles. The molecule has 6 nitrogen and oxygen atoms in total. The maximum atomic E-state index is 5.49. The van der Waals surface area contributed by atoms with Crippen LogP contribution in [0.4, 0.5) is 5.69 Å². The summed E-state index contributed by atoms with van der Waals surface area (Å²) in [6, 6.07) is 8.27. The summed E-state index contributed by atoms with van der Waals surface area (Å²) >= 11 is 0. The van der Waals surface area contributed by atoms with E-state index < -0.39 is 0 Å². The van der Waals surface area contributed by atoms with E-state index in [4.69, 9.17) is 4.74 Å². The normalized spacial score (nSPS) is 18.5. The number of para-hydroxylation sites is 2. The van der Waals surface area contributed by atoms with Crippen LogP contribution in [0.1, 0.15) is 6.92 Å². The minimum absolute atomic E-state index is 0.865. The van der Waals surface area contributed by atoms with Gasteiger partial charge in [0.05, 0.1) is 19.3 Å². The van der Waals surface area contributed by atoms with Gasteiger partial charge in [0.15, 0.2) is 0 Å². The number of hydrogen-bond acceptors (Lipinski definition) is 6. The molecule has 0 N–H and O–H groups in total. The van der Waals surface area contributed by atoms with Crippen molar-refractivity contribution in [3.05, 3.63) is 36.9 Å². The largest absolute Gasteiger partial charge is 0.495 e. The minimum Gasteiger partial charge on any atom is -0.495 e. The van der Waals surface area contributed by atoms with Crippen molar-refractivity contribution < 1.29 is 4.74 Å². The molecule has 2 aliphatic heterocycles. The molecule has 1 fully saturated rings. The van der Waals surface area contributed by atoms with E-state index in [2.05, 4.69) is 50.4 Å². The Kier molecular flexibility index (Phi) is 5.81. The van der Waals surface area contributed by atoms with Crippen LogP contribution in [0.5, 0.6) is 5.75 Å². The highest BCUT2D eigenvalue weighted by atomic mass is 16.5. The molecule has 0 radical (unpaired) electrons. The Labute approximate surface area is 150 Å². The average Bonchev–Trinajstić information content (AvgIpc) is 3.00. The summed E-state index contributed by atoms with van der Waals surface area (Å²) in [7, 11) is 1.74. The summed E-state index contributed by atoms with van der Waals surface area (Å²) in [5, 5.41) is 6.79. The predicted octanol–water partition coefficient (Wildman–Crippen LogP) is 1.91. The van der Waals surface area contributed by atoms with E-state index in [-0.39, 0.29) is 0 Å². The van der Waals surface area contributed by atoms with Crippen molar-refractivity contribution in [2.45, 2.75) is 6.92 Å². The highest BCUT2D eigenvalue weighted by Gasteiger charge is 2.22. The number of ether oxygens (including phenoxy) is 1. The molecule has 0 amide bonds. The quantitative estimate of drug-likeness (QED) is 0.707. The van der Waals surface area contributed by atoms with E-state index in [0.29, 0.717) is 0 Å². The van der Waals surface area contributed by atoms with Crippen LogP contribution >= 0.6 is 0 Å². The average molecular weight is 343 g/mol. The molecular weight excluding hydrogens is 314 g/mol. The maximum absolute atomic E-state index is 5.49. The number of hydrogen-bond donors (Lipinski definition) is 0. The molecule has 0 atom stereocenters. The van der Waals surface area contributed by atoms with Crippen LogP contribution in [0.3, 0.4) is 0 Å². The Bertz CT molecular complexity index is 610. The van der Waals surface area contributed by atoms with Gasteiger partial charge in [0.2, 0.25) is 0 Å². The maximum Gasteiger partial charge on any atom is 0.142 e. The SMILES string of the molecule is C=CCN1CN(CCN2CCN(c3ccccc3OC)CC2)N=C1C. The van der Waals surface area contributed by atoms with Crippen molar-refractivity contribution in [1.29, 1.82) is 0 Å². The van der Waals surface area contributed by atoms with Gasteiger partial charge in [-0.05, 0) is 19.1 Å². The van der Waals surface area contributed by atoms with Gasteiger partial charge in [-0.25, -0.2) is 0 Å². The van der Waals surface area contributed by atoms with Gasteiger partial charge in [-0.15, -0.1) is 6.58 Å². The lowest BCUT2D eigenvalue weighted by atomic mass is 10.2. The van der Waals surface area contributed by atoms with Gasteiger partial charge in [-0.2, -0.15) is 5.10 Å². The monoisotopic (exact) mass is 343 g/mol. The van der Waals surface area contributed by atoms with Gasteiger partial charge in [0.1, 0.15) is 18.3 Å². The number of anilines is 1. The molecule has 1 saturated heterocycles. The zero-order valence-electron chi connectivity index (χ0n) is 15.4. The molecule has 3 rings (SSSR count). The molecule has 6 heteroatoms. The van der Waals surface area contributed by atoms with Gasteiger partial charge in [0.25, 0.3) is 0 Å². The van der Waals surface area contributed by atoms with Gasteiger partial charge in [0, 0.05) is 39.3 Å². The standard InChI is InChI=1S/C19H29N5O/c1-4-9-23-16-24(20-17(23)2)15-12-21-10-13-22(14-11-21)18-7-5-6-8-19(18)25-3/h4-8H,1,9-16H2,2-3H3. The number of piperazine rings is 1. The van der Waals surface area contributed by atoms with Crippen LogP contribution in [0.15, 0.2) is 42.0 Å². The summed E-state index contributed by atoms with van der Waals surface area (Å²) in [6.07, 6.45) is 1.93. The lowest BCUT2D eigenvalue weighted by Gasteiger charge is -2.37. The second-order valence-corrected chi connectivity index (χ2v) is 6.53. The lowest BCUT2D eigenvalue weighted by molar-refractivity contribution is 0.185. The molecule has 0 unspecified atom stereocenters. The highest BCUT2D eigenvalue weighted by Crippen LogP contribution is 2.28. The first kappa shape index (κ1) is 17.6. The Morgan fingerprint density at radius 1 is 1.16 bits per heavy atom. The highest BCUT2D eigenvalue weighted by molar-refractivity contribution is 5.80. The van der Waals surface area contributed by atoms with E-state index in [1.54, 1.807) is 7.11 Å². The van der Waals surface area contributed by atoms with Gasteiger partial charge >= 0.3 is 0 Å². The first-order chi connectivity index (χ1) is 12.2. The molecule has 2 heterocycles. The predicted molar refractivity (Wildman–Crippen MR) is 103 cm³/mol. The smallest absolute Gasteiger partial charge is 0.142 e. The molecule has 0 bridgehead atoms. The fourth-order valence-corrected chi connectivity index (χ4v) is 3.43. The van der Waals surface area contributed by atoms with Crippen molar-refractivity contribution >= 4 is 11.5 Å². The molecule has 0 saturated carbocycles. The van der Waals surface area contributed by atoms with E-state index in [9.17, 15) is 0 Å². The number of nitrogens with zero attached hydrogens (tertiary/aromatic N) is 5. The molecule has 0 spiro atoms. The number of benzene rings is 1. The Morgan fingerprint density at radius 2 is 1.92 bits per heavy atom. The molecule has 136 valence electrons. The van der Waals surface area contributed by atoms with Crippen LogP contribution in [-0.2, 0) is 0 Å². The van der Waals surface area contributed by atoms with Gasteiger partial charge in [-0.3, -0.25) is 9.91 Å². The zero-order valence-corrected chi connectivity index (χ0v) is 15.4. The number of hydrazone groups is 1. The van der Waals surface area contributed by atoms with Crippen LogP contribution in [0, 0.1) is 0 Å². The van der Waals surface area contributed by atoms with Crippen LogP contribution in [0.2, 0.25) is 0 Å². The van der Waals surface area contributed by atoms with E-state index in [1.165, 1.54) is 5.69 Å². The third-order valence-electron chi connectivity index (χ3n) is 4.90. The summed E-state index contributed by atoms with van der Waals surface area (Å²) < 4.78 is 5.49. The van der Waals surface area contributed by atoms with E-state index in [1.807, 2.05) is 18.2 Å². The van der Waals surface area contributed by atoms with Crippen molar-refractivity contribution in [2.75, 3.05) is 64.5 Å². The second-order valence-electron chi connectivity index (χ2n) is 6.53. The Hall–Kier alpha value is -2.21. The van der Waals surface area contributed by atoms with Crippen LogP contribution < -0.4 is 9.64 Å². The summed E-state index contributed by atoms with van der Waals surface area (Å²) in [4.78, 5) is 7.18. The minimum atomic E-state index is 0.865. The number of amidine groups is 1. The molecule has 0 aromatic heterocycles. The van der Waals surface area contributed by atoms with E-state index >= 15 is 0 Å². The summed E-state index contributed by atoms with van der Waals surface area (Å²) in [5.41, 5.74) is 1.20. The Morgan fingerprint density at radius 3 is 2.64 bits per heavy atom. The fourth-order valence-electron chi connectivity index (χ4n) is 3.43. The van der Waals surface area contributed by atoms with E-state index in [0.717, 1.165) is 64.1 Å². The first-order valence-corrected chi connectivity index (χ1v) is 8.97. The van der Waals surface area contributed by atoms with Crippen LogP contribution in [-0.4, -0.2) is 80.2 Å². The van der Waals surface area contributed by atoms with Gasteiger partial charge in [-0.1, -0.05) is 18.2 Å². The van der Waals surface area contributed by atoms with Crippen molar-refractivity contribution in [2.24, 2.45) is 5.10 Å². The van der Waals surface area contributed by atoms with Crippen LogP contribution in [0.25, 0.3) is 0 Å². The molecule has 1 aromatic carbocycles. The topological polar surface area (TPSA) is 34.5 Å². The molecular formula is C19H29N5O. The Balaban J connectivity index is 1.45. The summed E-state index contributed by atoms with van der Waals surface area (Å²) in [5.74, 6) is 2.04. The number of rotatable bonds is 7. The summed E-state index contributed by atoms with van der Waals surface area (Å²) in [6.45, 7) is 13.9. The van der Waals surface area contributed by atoms with Gasteiger partial charge < -0.3 is 14.5 Å². The lowest BCUT2D eigenvalue weighted by Crippen LogP contribution is -2.48. The zero-order chi connectivity index (χ0) is 17.6. The molecule has 2 aliphatic rings. The number of methoxy groups -OCH3 is 1.